The summed E-state index contributed by atoms with van der Waals surface area (Å²) in [5, 5.41) is 12.5. The molecule has 5 rings (SSSR count). The lowest BCUT2D eigenvalue weighted by Gasteiger charge is -2.44. The number of hydrogen-bond donors (Lipinski definition) is 2. The Bertz CT molecular complexity index is 986. The maximum atomic E-state index is 13.6. The van der Waals surface area contributed by atoms with Gasteiger partial charge in [-0.2, -0.15) is 4.98 Å². The lowest BCUT2D eigenvalue weighted by molar-refractivity contribution is 0.0935. The van der Waals surface area contributed by atoms with Crippen molar-refractivity contribution in [2.75, 3.05) is 29.9 Å². The number of rotatable bonds is 7. The van der Waals surface area contributed by atoms with Gasteiger partial charge in [0.15, 0.2) is 0 Å². The van der Waals surface area contributed by atoms with Crippen LogP contribution in [0.5, 0.6) is 0 Å². The third-order valence-electron chi connectivity index (χ3n) is 6.83. The van der Waals surface area contributed by atoms with Crippen LogP contribution in [0.4, 0.5) is 26.2 Å². The van der Waals surface area contributed by atoms with Gasteiger partial charge in [-0.1, -0.05) is 13.5 Å². The SMILES string of the molecule is C=C([C@@H]1CC1(F)F)N1[C@@H]2CC[C@H]1CN(c1ccnc(Nc3ccc([C@@H](C)CO)nc3)n1)C2. The molecule has 9 heteroatoms. The van der Waals surface area contributed by atoms with Gasteiger partial charge in [-0.3, -0.25) is 4.98 Å². The van der Waals surface area contributed by atoms with E-state index in [9.17, 15) is 13.9 Å². The van der Waals surface area contributed by atoms with Gasteiger partial charge in [0.25, 0.3) is 5.92 Å². The molecule has 2 aromatic rings. The number of hydrogen-bond acceptors (Lipinski definition) is 7. The molecular weight excluding hydrogens is 414 g/mol. The van der Waals surface area contributed by atoms with Gasteiger partial charge in [0.05, 0.1) is 24.4 Å². The Morgan fingerprint density at radius 1 is 1.25 bits per heavy atom. The zero-order valence-corrected chi connectivity index (χ0v) is 18.1. The van der Waals surface area contributed by atoms with Crippen LogP contribution in [0.1, 0.15) is 37.8 Å². The van der Waals surface area contributed by atoms with Gasteiger partial charge >= 0.3 is 0 Å². The standard InChI is InChI=1S/C23H28F2N6O/c1-14(13-32)20-6-3-16(10-27-20)28-22-26-8-7-21(29-22)30-11-17-4-5-18(12-30)31(17)15(2)19-9-23(19,24)25/h3,6-8,10,14,17-19,32H,2,4-5,9,11-13H2,1H3,(H,26,28,29)/t14-,17-,18+,19-/m0/s1. The zero-order chi connectivity index (χ0) is 22.5. The van der Waals surface area contributed by atoms with Gasteiger partial charge in [-0.15, -0.1) is 0 Å². The molecule has 170 valence electrons. The van der Waals surface area contributed by atoms with Crippen molar-refractivity contribution in [1.82, 2.24) is 19.9 Å². The molecule has 2 saturated heterocycles. The second kappa shape index (κ2) is 7.95. The summed E-state index contributed by atoms with van der Waals surface area (Å²) in [5.41, 5.74) is 2.20. The van der Waals surface area contributed by atoms with Crippen molar-refractivity contribution >= 4 is 17.5 Å². The number of nitrogens with zero attached hydrogens (tertiary/aromatic N) is 5. The van der Waals surface area contributed by atoms with E-state index < -0.39 is 11.8 Å². The predicted molar refractivity (Wildman–Crippen MR) is 118 cm³/mol. The van der Waals surface area contributed by atoms with Crippen molar-refractivity contribution in [2.24, 2.45) is 5.92 Å². The first-order valence-corrected chi connectivity index (χ1v) is 11.1. The van der Waals surface area contributed by atoms with E-state index in [0.717, 1.165) is 43.1 Å². The number of fused-ring (bicyclic) bond motifs is 2. The second-order valence-corrected chi connectivity index (χ2v) is 9.13. The second-order valence-electron chi connectivity index (χ2n) is 9.13. The van der Waals surface area contributed by atoms with Gasteiger partial charge in [-0.25, -0.2) is 13.8 Å². The fourth-order valence-electron chi connectivity index (χ4n) is 4.89. The molecule has 0 radical (unpaired) electrons. The molecule has 32 heavy (non-hydrogen) atoms. The molecule has 2 aromatic heterocycles. The normalized spacial score (nSPS) is 26.7. The van der Waals surface area contributed by atoms with Gasteiger partial charge in [0, 0.05) is 55.1 Å². The molecule has 0 spiro atoms. The molecule has 3 aliphatic rings. The molecule has 7 nitrogen and oxygen atoms in total. The number of nitrogens with one attached hydrogen (secondary N) is 1. The number of piperazine rings is 1. The van der Waals surface area contributed by atoms with Gasteiger partial charge in [-0.05, 0) is 31.0 Å². The molecular formula is C23H28F2N6O. The number of halogens is 2. The lowest BCUT2D eigenvalue weighted by atomic mass is 10.1. The summed E-state index contributed by atoms with van der Waals surface area (Å²) in [4.78, 5) is 17.8. The van der Waals surface area contributed by atoms with Crippen molar-refractivity contribution in [3.63, 3.8) is 0 Å². The number of alkyl halides is 2. The van der Waals surface area contributed by atoms with Crippen LogP contribution in [-0.2, 0) is 0 Å². The monoisotopic (exact) mass is 442 g/mol. The van der Waals surface area contributed by atoms with E-state index in [2.05, 4.69) is 36.6 Å². The third-order valence-corrected chi connectivity index (χ3v) is 6.83. The minimum atomic E-state index is -2.58. The van der Waals surface area contributed by atoms with Crippen molar-refractivity contribution in [1.29, 1.82) is 0 Å². The highest BCUT2D eigenvalue weighted by Gasteiger charge is 2.60. The van der Waals surface area contributed by atoms with E-state index in [0.29, 0.717) is 11.6 Å². The smallest absolute Gasteiger partial charge is 0.257 e. The molecule has 1 saturated carbocycles. The number of aromatic nitrogens is 3. The fourth-order valence-corrected chi connectivity index (χ4v) is 4.89. The Kier molecular flexibility index (Phi) is 5.23. The van der Waals surface area contributed by atoms with Gasteiger partial charge < -0.3 is 20.2 Å². The molecule has 0 aromatic carbocycles. The van der Waals surface area contributed by atoms with Crippen molar-refractivity contribution in [2.45, 2.75) is 50.1 Å². The van der Waals surface area contributed by atoms with E-state index in [-0.39, 0.29) is 31.0 Å². The number of aliphatic hydroxyl groups excluding tert-OH is 1. The summed E-state index contributed by atoms with van der Waals surface area (Å²) in [7, 11) is 0. The highest BCUT2D eigenvalue weighted by atomic mass is 19.3. The summed E-state index contributed by atoms with van der Waals surface area (Å²) in [5.74, 6) is -1.99. The molecule has 2 bridgehead atoms. The van der Waals surface area contributed by atoms with Crippen LogP contribution in [0.3, 0.4) is 0 Å². The lowest BCUT2D eigenvalue weighted by Crippen LogP contribution is -2.53. The molecule has 1 aliphatic carbocycles. The first kappa shape index (κ1) is 21.1. The Labute approximate surface area is 186 Å². The predicted octanol–water partition coefficient (Wildman–Crippen LogP) is 3.53. The molecule has 0 amide bonds. The summed E-state index contributed by atoms with van der Waals surface area (Å²) in [6.07, 6.45) is 5.33. The Hall–Kier alpha value is -2.81. The Morgan fingerprint density at radius 2 is 1.97 bits per heavy atom. The van der Waals surface area contributed by atoms with E-state index in [1.165, 1.54) is 0 Å². The van der Waals surface area contributed by atoms with E-state index in [1.807, 2.05) is 25.1 Å². The average Bonchev–Trinajstić information content (AvgIpc) is 3.36. The Morgan fingerprint density at radius 3 is 2.56 bits per heavy atom. The van der Waals surface area contributed by atoms with Crippen molar-refractivity contribution in [3.8, 4) is 0 Å². The zero-order valence-electron chi connectivity index (χ0n) is 18.1. The quantitative estimate of drug-likeness (QED) is 0.679. The van der Waals surface area contributed by atoms with E-state index in [1.54, 1.807) is 12.4 Å². The molecule has 2 N–H and O–H groups in total. The number of pyridine rings is 1. The fraction of sp³-hybridized carbons (Fsp3) is 0.522. The van der Waals surface area contributed by atoms with Crippen LogP contribution in [0.25, 0.3) is 0 Å². The van der Waals surface area contributed by atoms with Crippen LogP contribution in [0.2, 0.25) is 0 Å². The highest BCUT2D eigenvalue weighted by Crippen LogP contribution is 2.55. The molecule has 4 heterocycles. The number of anilines is 3. The van der Waals surface area contributed by atoms with Crippen LogP contribution in [0.15, 0.2) is 42.9 Å². The maximum absolute atomic E-state index is 13.6. The number of allylic oxidation sites excluding steroid dienone is 1. The van der Waals surface area contributed by atoms with Gasteiger partial charge in [0.1, 0.15) is 5.82 Å². The maximum Gasteiger partial charge on any atom is 0.257 e. The first-order valence-electron chi connectivity index (χ1n) is 11.1. The Balaban J connectivity index is 1.26. The third kappa shape index (κ3) is 3.90. The molecule has 2 aliphatic heterocycles. The molecule has 0 unspecified atom stereocenters. The van der Waals surface area contributed by atoms with Crippen LogP contribution >= 0.6 is 0 Å². The summed E-state index contributed by atoms with van der Waals surface area (Å²) in [6, 6.07) is 6.03. The van der Waals surface area contributed by atoms with Crippen LogP contribution in [0, 0.1) is 5.92 Å². The first-order chi connectivity index (χ1) is 15.4. The molecule has 4 atom stereocenters. The summed E-state index contributed by atoms with van der Waals surface area (Å²) in [6.45, 7) is 7.47. The van der Waals surface area contributed by atoms with Crippen molar-refractivity contribution < 1.29 is 13.9 Å². The molecule has 3 fully saturated rings. The summed E-state index contributed by atoms with van der Waals surface area (Å²) < 4.78 is 27.2. The highest BCUT2D eigenvalue weighted by molar-refractivity contribution is 5.54. The van der Waals surface area contributed by atoms with Crippen LogP contribution < -0.4 is 10.2 Å². The van der Waals surface area contributed by atoms with Crippen molar-refractivity contribution in [3.05, 3.63) is 48.6 Å². The average molecular weight is 443 g/mol. The van der Waals surface area contributed by atoms with E-state index >= 15 is 0 Å². The van der Waals surface area contributed by atoms with Crippen LogP contribution in [-0.4, -0.2) is 62.7 Å². The largest absolute Gasteiger partial charge is 0.396 e. The van der Waals surface area contributed by atoms with Gasteiger partial charge in [0.2, 0.25) is 5.95 Å². The minimum absolute atomic E-state index is 0.0140. The topological polar surface area (TPSA) is 77.4 Å². The van der Waals surface area contributed by atoms with E-state index in [4.69, 9.17) is 0 Å². The minimum Gasteiger partial charge on any atom is -0.396 e. The summed E-state index contributed by atoms with van der Waals surface area (Å²) >= 11 is 0. The number of aliphatic hydroxyl groups is 1.